The molecule has 1 fully saturated rings. The number of para-hydroxylation sites is 1. The van der Waals surface area contributed by atoms with Gasteiger partial charge >= 0.3 is 0 Å². The Morgan fingerprint density at radius 2 is 2.03 bits per heavy atom. The van der Waals surface area contributed by atoms with Crippen LogP contribution in [0.4, 0.5) is 11.4 Å². The minimum atomic E-state index is 0. The summed E-state index contributed by atoms with van der Waals surface area (Å²) in [4.78, 5) is 9.80. The first kappa shape index (κ1) is 21.7. The molecule has 2 aliphatic heterocycles. The van der Waals surface area contributed by atoms with Crippen molar-refractivity contribution in [2.45, 2.75) is 19.8 Å². The molecule has 0 amide bonds. The van der Waals surface area contributed by atoms with Crippen LogP contribution in [0.1, 0.15) is 18.9 Å². The molecule has 29 heavy (non-hydrogen) atoms. The molecule has 1 saturated heterocycles. The summed E-state index contributed by atoms with van der Waals surface area (Å²) in [5, 5.41) is 3.49. The van der Waals surface area contributed by atoms with Gasteiger partial charge in [0.1, 0.15) is 5.75 Å². The Kier molecular flexibility index (Phi) is 7.64. The van der Waals surface area contributed by atoms with Gasteiger partial charge in [-0.1, -0.05) is 24.3 Å². The summed E-state index contributed by atoms with van der Waals surface area (Å²) in [5.41, 5.74) is 3.95. The highest BCUT2D eigenvalue weighted by Crippen LogP contribution is 2.29. The molecule has 156 valence electrons. The van der Waals surface area contributed by atoms with Gasteiger partial charge in [-0.15, -0.1) is 24.0 Å². The molecule has 0 aromatic heterocycles. The van der Waals surface area contributed by atoms with Gasteiger partial charge in [-0.3, -0.25) is 4.99 Å². The third-order valence-corrected chi connectivity index (χ3v) is 5.68. The number of hydrogen-bond donors (Lipinski definition) is 1. The Bertz CT molecular complexity index is 841. The van der Waals surface area contributed by atoms with Gasteiger partial charge in [-0.2, -0.15) is 0 Å². The van der Waals surface area contributed by atoms with Gasteiger partial charge in [0.05, 0.1) is 7.11 Å². The second kappa shape index (κ2) is 10.2. The van der Waals surface area contributed by atoms with Crippen LogP contribution in [-0.2, 0) is 6.42 Å². The molecule has 0 saturated carbocycles. The molecule has 4 rings (SSSR count). The maximum atomic E-state index is 5.37. The van der Waals surface area contributed by atoms with Crippen molar-refractivity contribution in [2.75, 3.05) is 49.6 Å². The number of rotatable bonds is 5. The fourth-order valence-electron chi connectivity index (χ4n) is 4.19. The highest BCUT2D eigenvalue weighted by molar-refractivity contribution is 14.0. The topological polar surface area (TPSA) is 40.1 Å². The Balaban J connectivity index is 0.00000240. The van der Waals surface area contributed by atoms with E-state index < -0.39 is 0 Å². The minimum Gasteiger partial charge on any atom is -0.497 e. The van der Waals surface area contributed by atoms with Gasteiger partial charge in [0, 0.05) is 50.2 Å². The van der Waals surface area contributed by atoms with Gasteiger partial charge in [0.25, 0.3) is 0 Å². The van der Waals surface area contributed by atoms with Crippen molar-refractivity contribution in [3.05, 3.63) is 54.1 Å². The van der Waals surface area contributed by atoms with E-state index in [2.05, 4.69) is 64.5 Å². The first-order chi connectivity index (χ1) is 13.8. The van der Waals surface area contributed by atoms with E-state index in [0.717, 1.165) is 50.9 Å². The van der Waals surface area contributed by atoms with Crippen LogP contribution in [0.2, 0.25) is 0 Å². The van der Waals surface area contributed by atoms with Crippen LogP contribution in [-0.4, -0.2) is 45.8 Å². The lowest BCUT2D eigenvalue weighted by atomic mass is 10.1. The van der Waals surface area contributed by atoms with E-state index >= 15 is 0 Å². The summed E-state index contributed by atoms with van der Waals surface area (Å²) in [7, 11) is 1.72. The number of ether oxygens (including phenoxy) is 1. The van der Waals surface area contributed by atoms with Crippen LogP contribution < -0.4 is 19.9 Å². The Labute approximate surface area is 191 Å². The number of aliphatic imine (C=N–C) groups is 1. The first-order valence-electron chi connectivity index (χ1n) is 10.3. The molecule has 6 heteroatoms. The summed E-state index contributed by atoms with van der Waals surface area (Å²) < 4.78 is 5.37. The SMILES string of the molecule is CCNC(=NCC1CCN(c2cccc(OC)c2)C1)N1CCc2ccccc21.I. The number of fused-ring (bicyclic) bond motifs is 1. The van der Waals surface area contributed by atoms with Crippen LogP contribution in [0, 0.1) is 5.92 Å². The zero-order chi connectivity index (χ0) is 19.3. The van der Waals surface area contributed by atoms with Gasteiger partial charge in [-0.05, 0) is 49.4 Å². The monoisotopic (exact) mass is 506 g/mol. The largest absolute Gasteiger partial charge is 0.497 e. The van der Waals surface area contributed by atoms with Crippen molar-refractivity contribution in [2.24, 2.45) is 10.9 Å². The van der Waals surface area contributed by atoms with Crippen molar-refractivity contribution in [3.63, 3.8) is 0 Å². The molecule has 1 N–H and O–H groups in total. The minimum absolute atomic E-state index is 0. The van der Waals surface area contributed by atoms with Crippen molar-refractivity contribution in [1.29, 1.82) is 0 Å². The fraction of sp³-hybridized carbons (Fsp3) is 0.435. The van der Waals surface area contributed by atoms with Crippen LogP contribution in [0.5, 0.6) is 5.75 Å². The summed E-state index contributed by atoms with van der Waals surface area (Å²) in [5.74, 6) is 2.52. The molecule has 1 atom stereocenters. The summed E-state index contributed by atoms with van der Waals surface area (Å²) >= 11 is 0. The van der Waals surface area contributed by atoms with Crippen molar-refractivity contribution in [3.8, 4) is 5.75 Å². The average molecular weight is 506 g/mol. The Hall–Kier alpha value is -1.96. The molecule has 5 nitrogen and oxygen atoms in total. The number of halogens is 1. The van der Waals surface area contributed by atoms with E-state index in [1.54, 1.807) is 7.11 Å². The molecule has 2 heterocycles. The van der Waals surface area contributed by atoms with Crippen molar-refractivity contribution in [1.82, 2.24) is 5.32 Å². The number of nitrogens with one attached hydrogen (secondary N) is 1. The normalized spacial score (nSPS) is 18.4. The lowest BCUT2D eigenvalue weighted by Crippen LogP contribution is -2.41. The van der Waals surface area contributed by atoms with Gasteiger partial charge in [0.15, 0.2) is 5.96 Å². The van der Waals surface area contributed by atoms with E-state index in [1.807, 2.05) is 6.07 Å². The number of benzene rings is 2. The second-order valence-corrected chi connectivity index (χ2v) is 7.53. The quantitative estimate of drug-likeness (QED) is 0.376. The highest BCUT2D eigenvalue weighted by atomic mass is 127. The van der Waals surface area contributed by atoms with Crippen LogP contribution in [0.3, 0.4) is 0 Å². The van der Waals surface area contributed by atoms with E-state index in [9.17, 15) is 0 Å². The first-order valence-corrected chi connectivity index (χ1v) is 10.3. The number of methoxy groups -OCH3 is 1. The lowest BCUT2D eigenvalue weighted by Gasteiger charge is -2.23. The summed E-state index contributed by atoms with van der Waals surface area (Å²) in [6.45, 7) is 7.02. The highest BCUT2D eigenvalue weighted by Gasteiger charge is 2.25. The number of guanidine groups is 1. The molecule has 0 bridgehead atoms. The van der Waals surface area contributed by atoms with Crippen LogP contribution in [0.15, 0.2) is 53.5 Å². The van der Waals surface area contributed by atoms with Crippen LogP contribution in [0.25, 0.3) is 0 Å². The molecule has 2 aromatic carbocycles. The average Bonchev–Trinajstić information content (AvgIpc) is 3.38. The van der Waals surface area contributed by atoms with Crippen molar-refractivity contribution >= 4 is 41.3 Å². The zero-order valence-corrected chi connectivity index (χ0v) is 19.6. The molecule has 0 radical (unpaired) electrons. The van der Waals surface area contributed by atoms with Crippen molar-refractivity contribution < 1.29 is 4.74 Å². The molecule has 0 aliphatic carbocycles. The standard InChI is InChI=1S/C23H30N4O.HI/c1-3-24-23(27-14-12-19-7-4-5-10-22(19)27)25-16-18-11-13-26(17-18)20-8-6-9-21(15-20)28-2;/h4-10,15,18H,3,11-14,16-17H2,1-2H3,(H,24,25);1H. The second-order valence-electron chi connectivity index (χ2n) is 7.53. The smallest absolute Gasteiger partial charge is 0.198 e. The van der Waals surface area contributed by atoms with E-state index in [1.165, 1.54) is 23.4 Å². The molecule has 1 unspecified atom stereocenters. The maximum Gasteiger partial charge on any atom is 0.198 e. The third-order valence-electron chi connectivity index (χ3n) is 5.68. The molecule has 0 spiro atoms. The van der Waals surface area contributed by atoms with Gasteiger partial charge in [-0.25, -0.2) is 0 Å². The van der Waals surface area contributed by atoms with E-state index in [0.29, 0.717) is 5.92 Å². The molecule has 2 aliphatic rings. The number of nitrogens with zero attached hydrogens (tertiary/aromatic N) is 3. The lowest BCUT2D eigenvalue weighted by molar-refractivity contribution is 0.415. The summed E-state index contributed by atoms with van der Waals surface area (Å²) in [6.07, 6.45) is 2.27. The number of hydrogen-bond acceptors (Lipinski definition) is 3. The fourth-order valence-corrected chi connectivity index (χ4v) is 4.19. The predicted molar refractivity (Wildman–Crippen MR) is 132 cm³/mol. The Morgan fingerprint density at radius 3 is 2.86 bits per heavy atom. The maximum absolute atomic E-state index is 5.37. The molecular formula is C23H31IN4O. The molecule has 2 aromatic rings. The Morgan fingerprint density at radius 1 is 1.17 bits per heavy atom. The number of anilines is 2. The summed E-state index contributed by atoms with van der Waals surface area (Å²) in [6, 6.07) is 17.0. The van der Waals surface area contributed by atoms with Gasteiger partial charge < -0.3 is 19.9 Å². The zero-order valence-electron chi connectivity index (χ0n) is 17.3. The predicted octanol–water partition coefficient (Wildman–Crippen LogP) is 4.17. The third kappa shape index (κ3) is 4.97. The van der Waals surface area contributed by atoms with Crippen LogP contribution >= 0.6 is 24.0 Å². The van der Waals surface area contributed by atoms with E-state index in [4.69, 9.17) is 9.73 Å². The van der Waals surface area contributed by atoms with E-state index in [-0.39, 0.29) is 24.0 Å². The molecular weight excluding hydrogens is 475 g/mol. The van der Waals surface area contributed by atoms with Gasteiger partial charge in [0.2, 0.25) is 0 Å².